The number of nitrogens with one attached hydrogen (secondary N) is 1. The highest BCUT2D eigenvalue weighted by Crippen LogP contribution is 2.33. The normalized spacial score (nSPS) is 22.8. The molecule has 0 aliphatic carbocycles. The number of urea groups is 1. The van der Waals surface area contributed by atoms with Crippen molar-refractivity contribution in [3.8, 4) is 0 Å². The highest BCUT2D eigenvalue weighted by molar-refractivity contribution is 9.10. The number of imide groups is 1. The molecule has 1 aromatic carbocycles. The van der Waals surface area contributed by atoms with E-state index in [2.05, 4.69) is 21.2 Å². The van der Waals surface area contributed by atoms with Crippen molar-refractivity contribution in [3.63, 3.8) is 0 Å². The summed E-state index contributed by atoms with van der Waals surface area (Å²) in [6.45, 7) is 4.26. The molecule has 0 radical (unpaired) electrons. The van der Waals surface area contributed by atoms with Crippen LogP contribution >= 0.6 is 15.9 Å². The van der Waals surface area contributed by atoms with Crippen molar-refractivity contribution >= 4 is 27.9 Å². The van der Waals surface area contributed by atoms with Crippen LogP contribution in [-0.4, -0.2) is 23.4 Å². The van der Waals surface area contributed by atoms with Crippen LogP contribution in [0.25, 0.3) is 0 Å². The van der Waals surface area contributed by atoms with Gasteiger partial charge in [0.2, 0.25) is 0 Å². The zero-order valence-electron chi connectivity index (χ0n) is 11.1. The van der Waals surface area contributed by atoms with Gasteiger partial charge in [-0.3, -0.25) is 9.69 Å². The Kier molecular flexibility index (Phi) is 3.94. The molecular formula is C14H17BrN2O2. The van der Waals surface area contributed by atoms with E-state index in [4.69, 9.17) is 0 Å². The zero-order chi connectivity index (χ0) is 14.0. The summed E-state index contributed by atoms with van der Waals surface area (Å²) < 4.78 is 0.823. The Morgan fingerprint density at radius 3 is 2.63 bits per heavy atom. The molecule has 0 saturated carbocycles. The molecule has 0 bridgehead atoms. The summed E-state index contributed by atoms with van der Waals surface area (Å²) in [6.07, 6.45) is 1.77. The summed E-state index contributed by atoms with van der Waals surface area (Å²) in [5, 5.41) is 2.80. The number of unbranched alkanes of at least 4 members (excludes halogenated alkanes) is 1. The van der Waals surface area contributed by atoms with Crippen molar-refractivity contribution in [3.05, 3.63) is 34.3 Å². The van der Waals surface area contributed by atoms with Crippen molar-refractivity contribution in [2.45, 2.75) is 32.2 Å². The lowest BCUT2D eigenvalue weighted by Gasteiger charge is -2.23. The molecule has 0 aromatic heterocycles. The van der Waals surface area contributed by atoms with Gasteiger partial charge in [-0.1, -0.05) is 47.5 Å². The third kappa shape index (κ3) is 2.39. The number of amides is 3. The lowest BCUT2D eigenvalue weighted by Crippen LogP contribution is -2.41. The molecule has 1 fully saturated rings. The Morgan fingerprint density at radius 1 is 1.32 bits per heavy atom. The molecule has 0 spiro atoms. The molecule has 5 heteroatoms. The Balaban J connectivity index is 2.33. The van der Waals surface area contributed by atoms with Crippen LogP contribution in [0.5, 0.6) is 0 Å². The van der Waals surface area contributed by atoms with Gasteiger partial charge in [-0.05, 0) is 19.4 Å². The largest absolute Gasteiger partial charge is 0.325 e. The van der Waals surface area contributed by atoms with Crippen LogP contribution in [0.2, 0.25) is 0 Å². The Hall–Kier alpha value is -1.36. The SMILES string of the molecule is CCCCN1C(=O)N[C@](C)(c2ccccc2Br)C1=O. The van der Waals surface area contributed by atoms with Gasteiger partial charge in [0.15, 0.2) is 0 Å². The van der Waals surface area contributed by atoms with E-state index in [9.17, 15) is 9.59 Å². The smallest absolute Gasteiger partial charge is 0.319 e. The van der Waals surface area contributed by atoms with E-state index >= 15 is 0 Å². The first-order valence-corrected chi connectivity index (χ1v) is 7.19. The number of carbonyl (C=O) groups is 2. The Bertz CT molecular complexity index is 518. The summed E-state index contributed by atoms with van der Waals surface area (Å²) in [5.74, 6) is -0.183. The third-order valence-corrected chi connectivity index (χ3v) is 4.11. The van der Waals surface area contributed by atoms with E-state index in [0.717, 1.165) is 22.9 Å². The quantitative estimate of drug-likeness (QED) is 0.865. The molecule has 1 aliphatic heterocycles. The van der Waals surface area contributed by atoms with E-state index in [1.807, 2.05) is 31.2 Å². The second kappa shape index (κ2) is 5.33. The summed E-state index contributed by atoms with van der Waals surface area (Å²) in [4.78, 5) is 25.8. The van der Waals surface area contributed by atoms with Gasteiger partial charge in [-0.2, -0.15) is 0 Å². The first-order chi connectivity index (χ1) is 9.00. The van der Waals surface area contributed by atoms with E-state index in [-0.39, 0.29) is 11.9 Å². The first kappa shape index (κ1) is 14.1. The lowest BCUT2D eigenvalue weighted by molar-refractivity contribution is -0.131. The fraction of sp³-hybridized carbons (Fsp3) is 0.429. The molecule has 1 atom stereocenters. The average molecular weight is 325 g/mol. The van der Waals surface area contributed by atoms with Gasteiger partial charge in [0.05, 0.1) is 0 Å². The minimum atomic E-state index is -0.981. The molecule has 1 saturated heterocycles. The summed E-state index contributed by atoms with van der Waals surface area (Å²) in [7, 11) is 0. The molecule has 0 unspecified atom stereocenters. The Labute approximate surface area is 121 Å². The van der Waals surface area contributed by atoms with Crippen molar-refractivity contribution < 1.29 is 9.59 Å². The van der Waals surface area contributed by atoms with Gasteiger partial charge in [-0.25, -0.2) is 4.79 Å². The fourth-order valence-electron chi connectivity index (χ4n) is 2.27. The van der Waals surface area contributed by atoms with Gasteiger partial charge < -0.3 is 5.32 Å². The molecular weight excluding hydrogens is 308 g/mol. The third-order valence-electron chi connectivity index (χ3n) is 3.42. The number of carbonyl (C=O) groups excluding carboxylic acids is 2. The van der Waals surface area contributed by atoms with Crippen LogP contribution in [0.3, 0.4) is 0 Å². The standard InChI is InChI=1S/C14H17BrN2O2/c1-3-4-9-17-12(18)14(2,16-13(17)19)10-7-5-6-8-11(10)15/h5-8H,3-4,9H2,1-2H3,(H,16,19)/t14-/m1/s1. The van der Waals surface area contributed by atoms with E-state index in [1.165, 1.54) is 4.90 Å². The highest BCUT2D eigenvalue weighted by atomic mass is 79.9. The van der Waals surface area contributed by atoms with Crippen LogP contribution in [-0.2, 0) is 10.3 Å². The van der Waals surface area contributed by atoms with Crippen molar-refractivity contribution in [2.24, 2.45) is 0 Å². The maximum absolute atomic E-state index is 12.5. The van der Waals surface area contributed by atoms with Crippen LogP contribution in [0, 0.1) is 0 Å². The monoisotopic (exact) mass is 324 g/mol. The highest BCUT2D eigenvalue weighted by Gasteiger charge is 2.49. The minimum Gasteiger partial charge on any atom is -0.319 e. The summed E-state index contributed by atoms with van der Waals surface area (Å²) in [6, 6.07) is 7.16. The molecule has 1 N–H and O–H groups in total. The summed E-state index contributed by atoms with van der Waals surface area (Å²) >= 11 is 3.44. The second-order valence-electron chi connectivity index (χ2n) is 4.85. The molecule has 2 rings (SSSR count). The summed E-state index contributed by atoms with van der Waals surface area (Å²) in [5.41, 5.74) is -0.197. The van der Waals surface area contributed by atoms with Gasteiger partial charge in [-0.15, -0.1) is 0 Å². The van der Waals surface area contributed by atoms with Gasteiger partial charge in [0, 0.05) is 16.6 Å². The number of hydrogen-bond donors (Lipinski definition) is 1. The average Bonchev–Trinajstić information content (AvgIpc) is 2.59. The van der Waals surface area contributed by atoms with Gasteiger partial charge >= 0.3 is 6.03 Å². The molecule has 102 valence electrons. The molecule has 1 aliphatic rings. The first-order valence-electron chi connectivity index (χ1n) is 6.40. The number of hydrogen-bond acceptors (Lipinski definition) is 2. The van der Waals surface area contributed by atoms with Crippen LogP contribution in [0.4, 0.5) is 4.79 Å². The van der Waals surface area contributed by atoms with Crippen molar-refractivity contribution in [1.29, 1.82) is 0 Å². The van der Waals surface area contributed by atoms with Gasteiger partial charge in [0.1, 0.15) is 5.54 Å². The predicted octanol–water partition coefficient (Wildman–Crippen LogP) is 3.02. The minimum absolute atomic E-state index is 0.183. The van der Waals surface area contributed by atoms with Crippen molar-refractivity contribution in [2.75, 3.05) is 6.54 Å². The van der Waals surface area contributed by atoms with Crippen molar-refractivity contribution in [1.82, 2.24) is 10.2 Å². The zero-order valence-corrected chi connectivity index (χ0v) is 12.7. The Morgan fingerprint density at radius 2 is 2.00 bits per heavy atom. The molecule has 1 aromatic rings. The molecule has 1 heterocycles. The number of rotatable bonds is 4. The van der Waals surface area contributed by atoms with E-state index in [1.54, 1.807) is 6.92 Å². The maximum atomic E-state index is 12.5. The van der Waals surface area contributed by atoms with Gasteiger partial charge in [0.25, 0.3) is 5.91 Å². The number of nitrogens with zero attached hydrogens (tertiary/aromatic N) is 1. The topological polar surface area (TPSA) is 49.4 Å². The molecule has 3 amide bonds. The van der Waals surface area contributed by atoms with E-state index < -0.39 is 5.54 Å². The number of benzene rings is 1. The van der Waals surface area contributed by atoms with Crippen LogP contribution in [0.15, 0.2) is 28.7 Å². The fourth-order valence-corrected chi connectivity index (χ4v) is 2.95. The molecule has 19 heavy (non-hydrogen) atoms. The lowest BCUT2D eigenvalue weighted by atomic mass is 9.92. The van der Waals surface area contributed by atoms with E-state index in [0.29, 0.717) is 6.54 Å². The molecule has 4 nitrogen and oxygen atoms in total. The van der Waals surface area contributed by atoms with Crippen LogP contribution < -0.4 is 5.32 Å². The predicted molar refractivity (Wildman–Crippen MR) is 76.6 cm³/mol. The number of halogens is 1. The van der Waals surface area contributed by atoms with Crippen LogP contribution in [0.1, 0.15) is 32.3 Å². The second-order valence-corrected chi connectivity index (χ2v) is 5.70. The maximum Gasteiger partial charge on any atom is 0.325 e.